The van der Waals surface area contributed by atoms with Gasteiger partial charge in [0.05, 0.1) is 24.1 Å². The summed E-state index contributed by atoms with van der Waals surface area (Å²) in [5.74, 6) is -3.54. The van der Waals surface area contributed by atoms with Crippen LogP contribution in [0.4, 0.5) is 14.6 Å². The van der Waals surface area contributed by atoms with Crippen molar-refractivity contribution in [3.63, 3.8) is 0 Å². The van der Waals surface area contributed by atoms with Crippen molar-refractivity contribution in [2.24, 2.45) is 11.8 Å². The molecule has 1 aliphatic heterocycles. The fraction of sp³-hybridized carbons (Fsp3) is 0.550. The van der Waals surface area contributed by atoms with Gasteiger partial charge in [-0.1, -0.05) is 6.07 Å². The fourth-order valence-electron chi connectivity index (χ4n) is 4.06. The lowest BCUT2D eigenvalue weighted by atomic mass is 10.0. The molecule has 156 valence electrons. The molecule has 1 aliphatic carbocycles. The van der Waals surface area contributed by atoms with Gasteiger partial charge in [-0.05, 0) is 32.9 Å². The zero-order valence-electron chi connectivity index (χ0n) is 16.6. The van der Waals surface area contributed by atoms with E-state index in [0.29, 0.717) is 42.4 Å². The van der Waals surface area contributed by atoms with Gasteiger partial charge in [-0.15, -0.1) is 0 Å². The van der Waals surface area contributed by atoms with Gasteiger partial charge in [0, 0.05) is 30.9 Å². The molecular formula is C20H24F2N4O3. The van der Waals surface area contributed by atoms with E-state index in [1.165, 1.54) is 10.7 Å². The Morgan fingerprint density at radius 1 is 1.34 bits per heavy atom. The van der Waals surface area contributed by atoms with Crippen LogP contribution in [0.5, 0.6) is 0 Å². The van der Waals surface area contributed by atoms with Crippen molar-refractivity contribution >= 4 is 11.8 Å². The predicted octanol–water partition coefficient (Wildman–Crippen LogP) is 2.57. The Morgan fingerprint density at radius 2 is 2.03 bits per heavy atom. The predicted molar refractivity (Wildman–Crippen MR) is 101 cm³/mol. The fourth-order valence-corrected chi connectivity index (χ4v) is 4.06. The topological polar surface area (TPSA) is 80.5 Å². The van der Waals surface area contributed by atoms with Gasteiger partial charge in [-0.25, -0.2) is 18.6 Å². The molecule has 3 unspecified atom stereocenters. The Morgan fingerprint density at radius 3 is 2.62 bits per heavy atom. The molecule has 0 radical (unpaired) electrons. The number of alkyl halides is 2. The normalized spacial score (nSPS) is 23.0. The first-order valence-electron chi connectivity index (χ1n) is 9.81. The zero-order chi connectivity index (χ0) is 20.9. The standard InChI is InChI=1S/C20H24F2N4O3/c1-4-26-16(19(28)29-5-2)8-15(24-26)18(27)12-6-7-17(23-11(12)3)25-9-13-14(10-25)20(13,21)22/h6-8,13-14,18,27H,4-5,9-10H2,1-3H3. The molecule has 29 heavy (non-hydrogen) atoms. The molecule has 1 N–H and O–H groups in total. The number of hydrogen-bond donors (Lipinski definition) is 1. The van der Waals surface area contributed by atoms with Crippen LogP contribution in [0.25, 0.3) is 0 Å². The largest absolute Gasteiger partial charge is 0.461 e. The second-order valence-corrected chi connectivity index (χ2v) is 7.53. The Hall–Kier alpha value is -2.55. The lowest BCUT2D eigenvalue weighted by Gasteiger charge is -2.22. The van der Waals surface area contributed by atoms with Gasteiger partial charge in [0.25, 0.3) is 5.92 Å². The minimum absolute atomic E-state index is 0.250. The molecule has 9 heteroatoms. The minimum Gasteiger partial charge on any atom is -0.461 e. The second kappa shape index (κ2) is 7.05. The summed E-state index contributed by atoms with van der Waals surface area (Å²) in [6, 6.07) is 4.99. The monoisotopic (exact) mass is 406 g/mol. The van der Waals surface area contributed by atoms with E-state index < -0.39 is 29.8 Å². The molecule has 0 spiro atoms. The number of aliphatic hydroxyl groups is 1. The third-order valence-corrected chi connectivity index (χ3v) is 5.79. The number of ether oxygens (including phenoxy) is 1. The van der Waals surface area contributed by atoms with Crippen LogP contribution < -0.4 is 4.90 Å². The van der Waals surface area contributed by atoms with Crippen LogP contribution in [0.3, 0.4) is 0 Å². The number of pyridine rings is 1. The zero-order valence-corrected chi connectivity index (χ0v) is 16.6. The van der Waals surface area contributed by atoms with Gasteiger partial charge in [0.15, 0.2) is 0 Å². The molecule has 2 aromatic heterocycles. The van der Waals surface area contributed by atoms with Gasteiger partial charge in [0.1, 0.15) is 17.6 Å². The highest BCUT2D eigenvalue weighted by molar-refractivity contribution is 5.87. The number of halogens is 2. The van der Waals surface area contributed by atoms with Gasteiger partial charge in [0.2, 0.25) is 0 Å². The molecule has 0 amide bonds. The summed E-state index contributed by atoms with van der Waals surface area (Å²) in [4.78, 5) is 18.5. The molecule has 3 atom stereocenters. The molecule has 7 nitrogen and oxygen atoms in total. The summed E-state index contributed by atoms with van der Waals surface area (Å²) in [5, 5.41) is 15.1. The maximum atomic E-state index is 13.4. The molecule has 2 aliphatic rings. The van der Waals surface area contributed by atoms with Crippen LogP contribution in [0.2, 0.25) is 0 Å². The van der Waals surface area contributed by atoms with E-state index in [0.717, 1.165) is 0 Å². The Labute approximate surface area is 167 Å². The number of carbonyl (C=O) groups excluding carboxylic acids is 1. The van der Waals surface area contributed by atoms with E-state index in [-0.39, 0.29) is 12.3 Å². The molecule has 3 heterocycles. The number of esters is 1. The molecular weight excluding hydrogens is 382 g/mol. The summed E-state index contributed by atoms with van der Waals surface area (Å²) < 4.78 is 33.4. The Kier molecular flexibility index (Phi) is 4.80. The molecule has 0 aromatic carbocycles. The van der Waals surface area contributed by atoms with E-state index in [1.807, 2.05) is 11.8 Å². The van der Waals surface area contributed by atoms with Crippen LogP contribution >= 0.6 is 0 Å². The van der Waals surface area contributed by atoms with Crippen LogP contribution in [-0.4, -0.2) is 51.5 Å². The lowest BCUT2D eigenvalue weighted by molar-refractivity contribution is 0.0512. The summed E-state index contributed by atoms with van der Waals surface area (Å²) in [6.45, 7) is 6.64. The number of aliphatic hydroxyl groups excluding tert-OH is 1. The molecule has 0 bridgehead atoms. The van der Waals surface area contributed by atoms with Gasteiger partial charge in [-0.3, -0.25) is 4.68 Å². The van der Waals surface area contributed by atoms with Gasteiger partial charge in [-0.2, -0.15) is 5.10 Å². The first-order valence-corrected chi connectivity index (χ1v) is 9.81. The number of hydrogen-bond acceptors (Lipinski definition) is 6. The summed E-state index contributed by atoms with van der Waals surface area (Å²) in [5.41, 5.74) is 1.75. The highest BCUT2D eigenvalue weighted by atomic mass is 19.3. The Balaban J connectivity index is 1.54. The number of aryl methyl sites for hydroxylation is 2. The van der Waals surface area contributed by atoms with Crippen LogP contribution in [0.1, 0.15) is 47.4 Å². The van der Waals surface area contributed by atoms with Crippen LogP contribution in [-0.2, 0) is 11.3 Å². The average molecular weight is 406 g/mol. The van der Waals surface area contributed by atoms with Crippen molar-refractivity contribution in [3.05, 3.63) is 40.8 Å². The highest BCUT2D eigenvalue weighted by Gasteiger charge is 2.71. The molecule has 2 aromatic rings. The average Bonchev–Trinajstić information content (AvgIpc) is 3.13. The maximum absolute atomic E-state index is 13.4. The molecule has 2 fully saturated rings. The third kappa shape index (κ3) is 3.27. The number of fused-ring (bicyclic) bond motifs is 1. The lowest BCUT2D eigenvalue weighted by Crippen LogP contribution is -2.28. The first-order chi connectivity index (χ1) is 13.8. The van der Waals surface area contributed by atoms with Crippen molar-refractivity contribution < 1.29 is 23.4 Å². The van der Waals surface area contributed by atoms with Crippen molar-refractivity contribution in [1.29, 1.82) is 0 Å². The number of anilines is 1. The van der Waals surface area contributed by atoms with Gasteiger partial charge >= 0.3 is 5.97 Å². The van der Waals surface area contributed by atoms with E-state index in [1.54, 1.807) is 26.0 Å². The van der Waals surface area contributed by atoms with Gasteiger partial charge < -0.3 is 14.7 Å². The van der Waals surface area contributed by atoms with Crippen LogP contribution in [0.15, 0.2) is 18.2 Å². The minimum atomic E-state index is -2.53. The smallest absolute Gasteiger partial charge is 0.356 e. The van der Waals surface area contributed by atoms with E-state index in [2.05, 4.69) is 10.1 Å². The van der Waals surface area contributed by atoms with Crippen molar-refractivity contribution in [2.45, 2.75) is 39.3 Å². The van der Waals surface area contributed by atoms with Crippen LogP contribution in [0, 0.1) is 18.8 Å². The quantitative estimate of drug-likeness (QED) is 0.743. The number of nitrogens with zero attached hydrogens (tertiary/aromatic N) is 4. The summed E-state index contributed by atoms with van der Waals surface area (Å²) >= 11 is 0. The highest BCUT2D eigenvalue weighted by Crippen LogP contribution is 2.59. The number of piperidine rings is 1. The number of carbonyl (C=O) groups is 1. The van der Waals surface area contributed by atoms with E-state index >= 15 is 0 Å². The van der Waals surface area contributed by atoms with Crippen molar-refractivity contribution in [3.8, 4) is 0 Å². The summed E-state index contributed by atoms with van der Waals surface area (Å²) in [6.07, 6.45) is -1.06. The molecule has 1 saturated heterocycles. The third-order valence-electron chi connectivity index (χ3n) is 5.79. The second-order valence-electron chi connectivity index (χ2n) is 7.53. The maximum Gasteiger partial charge on any atom is 0.356 e. The van der Waals surface area contributed by atoms with Crippen molar-refractivity contribution in [1.82, 2.24) is 14.8 Å². The Bertz CT molecular complexity index is 932. The first kappa shape index (κ1) is 19.8. The molecule has 4 rings (SSSR count). The van der Waals surface area contributed by atoms with E-state index in [4.69, 9.17) is 4.74 Å². The number of rotatable bonds is 6. The van der Waals surface area contributed by atoms with E-state index in [9.17, 15) is 18.7 Å². The summed E-state index contributed by atoms with van der Waals surface area (Å²) in [7, 11) is 0. The SMILES string of the molecule is CCOC(=O)c1cc(C(O)c2ccc(N3CC4C(C3)C4(F)F)nc2C)nn1CC. The van der Waals surface area contributed by atoms with Crippen molar-refractivity contribution in [2.75, 3.05) is 24.6 Å². The number of aromatic nitrogens is 3. The molecule has 1 saturated carbocycles.